The number of hydrogen-bond donors (Lipinski definition) is 3. The number of fused-ring (bicyclic) bond motifs is 1. The number of alkyl halides is 1. The first-order chi connectivity index (χ1) is 8.52. The maximum absolute atomic E-state index is 13.6. The summed E-state index contributed by atoms with van der Waals surface area (Å²) in [6.45, 7) is 1.25. The Morgan fingerprint density at radius 3 is 2.67 bits per heavy atom. The van der Waals surface area contributed by atoms with E-state index in [1.54, 1.807) is 18.3 Å². The minimum absolute atomic E-state index is 0.482. The van der Waals surface area contributed by atoms with Crippen LogP contribution in [0.25, 0.3) is 10.9 Å². The largest absolute Gasteiger partial charge is 0.479 e. The van der Waals surface area contributed by atoms with Crippen LogP contribution < -0.4 is 0 Å². The van der Waals surface area contributed by atoms with Crippen LogP contribution >= 0.6 is 0 Å². The van der Waals surface area contributed by atoms with E-state index in [9.17, 15) is 14.3 Å². The second-order valence-electron chi connectivity index (χ2n) is 4.28. The van der Waals surface area contributed by atoms with Crippen LogP contribution in [0.5, 0.6) is 0 Å². The first-order valence-electron chi connectivity index (χ1n) is 5.63. The molecule has 0 saturated carbocycles. The molecule has 0 amide bonds. The van der Waals surface area contributed by atoms with Gasteiger partial charge in [-0.15, -0.1) is 0 Å². The van der Waals surface area contributed by atoms with Gasteiger partial charge in [-0.25, -0.2) is 9.18 Å². The van der Waals surface area contributed by atoms with Crippen LogP contribution in [0.3, 0.4) is 0 Å². The molecule has 1 heterocycles. The number of carboxylic acids is 1. The Morgan fingerprint density at radius 1 is 1.39 bits per heavy atom. The van der Waals surface area contributed by atoms with Crippen LogP contribution in [-0.2, 0) is 4.79 Å². The molecule has 2 rings (SSSR count). The molecule has 5 heteroatoms. The zero-order valence-corrected chi connectivity index (χ0v) is 9.80. The van der Waals surface area contributed by atoms with Crippen LogP contribution in [0.4, 0.5) is 4.39 Å². The molecule has 4 nitrogen and oxygen atoms in total. The number of carboxylic acid groups (broad SMARTS) is 1. The summed E-state index contributed by atoms with van der Waals surface area (Å²) in [5, 5.41) is 19.2. The number of aliphatic carboxylic acids is 1. The number of aromatic nitrogens is 1. The fourth-order valence-corrected chi connectivity index (χ4v) is 2.19. The maximum atomic E-state index is 13.6. The molecule has 3 N–H and O–H groups in total. The topological polar surface area (TPSA) is 73.3 Å². The molecule has 0 aliphatic heterocycles. The number of para-hydroxylation sites is 1. The fourth-order valence-electron chi connectivity index (χ4n) is 2.19. The van der Waals surface area contributed by atoms with Crippen molar-refractivity contribution in [3.63, 3.8) is 0 Å². The normalized spacial score (nSPS) is 16.4. The van der Waals surface area contributed by atoms with E-state index >= 15 is 0 Å². The van der Waals surface area contributed by atoms with Gasteiger partial charge in [-0.2, -0.15) is 0 Å². The van der Waals surface area contributed by atoms with Crippen molar-refractivity contribution in [1.29, 1.82) is 0 Å². The number of aromatic amines is 1. The summed E-state index contributed by atoms with van der Waals surface area (Å²) in [7, 11) is 0. The van der Waals surface area contributed by atoms with E-state index in [2.05, 4.69) is 4.98 Å². The number of carbonyl (C=O) groups is 1. The second kappa shape index (κ2) is 4.78. The Morgan fingerprint density at radius 2 is 2.06 bits per heavy atom. The molecule has 0 radical (unpaired) electrons. The number of benzene rings is 1. The molecule has 96 valence electrons. The molecule has 2 aromatic rings. The third kappa shape index (κ3) is 2.09. The lowest BCUT2D eigenvalue weighted by atomic mass is 9.89. The van der Waals surface area contributed by atoms with Gasteiger partial charge in [0.05, 0.1) is 5.92 Å². The van der Waals surface area contributed by atoms with Gasteiger partial charge in [0.1, 0.15) is 6.17 Å². The highest BCUT2D eigenvalue weighted by Gasteiger charge is 2.33. The quantitative estimate of drug-likeness (QED) is 0.778. The van der Waals surface area contributed by atoms with Crippen LogP contribution in [0.1, 0.15) is 18.4 Å². The SMILES string of the molecule is CC(F)C(c1c[nH]c2ccccc12)C(O)C(=O)O. The highest BCUT2D eigenvalue weighted by molar-refractivity contribution is 5.85. The smallest absolute Gasteiger partial charge is 0.333 e. The van der Waals surface area contributed by atoms with E-state index in [1.807, 2.05) is 12.1 Å². The average molecular weight is 251 g/mol. The van der Waals surface area contributed by atoms with Gasteiger partial charge in [0, 0.05) is 17.1 Å². The molecule has 1 aromatic heterocycles. The first kappa shape index (κ1) is 12.6. The molecular formula is C13H14FNO3. The van der Waals surface area contributed by atoms with E-state index in [1.165, 1.54) is 6.92 Å². The molecule has 3 atom stereocenters. The Balaban J connectivity index is 2.52. The fraction of sp³-hybridized carbons (Fsp3) is 0.308. The van der Waals surface area contributed by atoms with Gasteiger partial charge >= 0.3 is 5.97 Å². The summed E-state index contributed by atoms with van der Waals surface area (Å²) in [6.07, 6.45) is -1.67. The Labute approximate surface area is 103 Å². The molecule has 0 aliphatic rings. The Bertz CT molecular complexity index is 564. The standard InChI is InChI=1S/C13H14FNO3/c1-7(14)11(12(16)13(17)18)9-6-15-10-5-3-2-4-8(9)10/h2-7,11-12,15-16H,1H3,(H,17,18). The van der Waals surface area contributed by atoms with Crippen LogP contribution in [-0.4, -0.2) is 33.4 Å². The Kier molecular flexibility index (Phi) is 3.34. The van der Waals surface area contributed by atoms with E-state index in [0.29, 0.717) is 5.56 Å². The summed E-state index contributed by atoms with van der Waals surface area (Å²) in [5.41, 5.74) is 1.27. The van der Waals surface area contributed by atoms with Gasteiger partial charge in [-0.3, -0.25) is 0 Å². The lowest BCUT2D eigenvalue weighted by Crippen LogP contribution is -2.32. The van der Waals surface area contributed by atoms with Crippen LogP contribution in [0.15, 0.2) is 30.5 Å². The van der Waals surface area contributed by atoms with Gasteiger partial charge < -0.3 is 15.2 Å². The van der Waals surface area contributed by atoms with Gasteiger partial charge in [0.25, 0.3) is 0 Å². The summed E-state index contributed by atoms with van der Waals surface area (Å²) in [5.74, 6) is -2.51. The predicted molar refractivity (Wildman–Crippen MR) is 65.3 cm³/mol. The summed E-state index contributed by atoms with van der Waals surface area (Å²) >= 11 is 0. The monoisotopic (exact) mass is 251 g/mol. The number of hydrogen-bond acceptors (Lipinski definition) is 2. The molecule has 1 aromatic carbocycles. The van der Waals surface area contributed by atoms with Crippen molar-refractivity contribution in [2.24, 2.45) is 0 Å². The average Bonchev–Trinajstić information content (AvgIpc) is 2.73. The number of halogens is 1. The molecule has 18 heavy (non-hydrogen) atoms. The minimum Gasteiger partial charge on any atom is -0.479 e. The number of H-pyrrole nitrogens is 1. The summed E-state index contributed by atoms with van der Waals surface area (Å²) in [4.78, 5) is 13.8. The third-order valence-electron chi connectivity index (χ3n) is 3.07. The number of nitrogens with one attached hydrogen (secondary N) is 1. The van der Waals surface area contributed by atoms with E-state index in [4.69, 9.17) is 5.11 Å². The van der Waals surface area contributed by atoms with Crippen molar-refractivity contribution in [3.05, 3.63) is 36.0 Å². The van der Waals surface area contributed by atoms with Gasteiger partial charge in [0.2, 0.25) is 0 Å². The van der Waals surface area contributed by atoms with Crippen molar-refractivity contribution in [1.82, 2.24) is 4.98 Å². The van der Waals surface area contributed by atoms with Crippen molar-refractivity contribution in [3.8, 4) is 0 Å². The molecule has 3 unspecified atom stereocenters. The molecule has 0 fully saturated rings. The predicted octanol–water partition coefficient (Wildman–Crippen LogP) is 2.05. The molecular weight excluding hydrogens is 237 g/mol. The summed E-state index contributed by atoms with van der Waals surface area (Å²) in [6, 6.07) is 7.19. The van der Waals surface area contributed by atoms with Gasteiger partial charge in [0.15, 0.2) is 6.10 Å². The lowest BCUT2D eigenvalue weighted by Gasteiger charge is -2.20. The number of aliphatic hydroxyl groups is 1. The highest BCUT2D eigenvalue weighted by Crippen LogP contribution is 2.32. The van der Waals surface area contributed by atoms with Crippen molar-refractivity contribution in [2.45, 2.75) is 25.1 Å². The molecule has 0 spiro atoms. The van der Waals surface area contributed by atoms with Gasteiger partial charge in [-0.1, -0.05) is 18.2 Å². The van der Waals surface area contributed by atoms with Crippen molar-refractivity contribution >= 4 is 16.9 Å². The van der Waals surface area contributed by atoms with Crippen LogP contribution in [0.2, 0.25) is 0 Å². The first-order valence-corrected chi connectivity index (χ1v) is 5.63. The zero-order chi connectivity index (χ0) is 13.3. The molecule has 0 saturated heterocycles. The Hall–Kier alpha value is -1.88. The van der Waals surface area contributed by atoms with Crippen molar-refractivity contribution in [2.75, 3.05) is 0 Å². The van der Waals surface area contributed by atoms with Crippen LogP contribution in [0, 0.1) is 0 Å². The lowest BCUT2D eigenvalue weighted by molar-refractivity contribution is -0.148. The number of aliphatic hydroxyl groups excluding tert-OH is 1. The highest BCUT2D eigenvalue weighted by atomic mass is 19.1. The third-order valence-corrected chi connectivity index (χ3v) is 3.07. The molecule has 0 bridgehead atoms. The van der Waals surface area contributed by atoms with E-state index in [0.717, 1.165) is 10.9 Å². The minimum atomic E-state index is -1.76. The maximum Gasteiger partial charge on any atom is 0.333 e. The van der Waals surface area contributed by atoms with Crippen molar-refractivity contribution < 1.29 is 19.4 Å². The van der Waals surface area contributed by atoms with E-state index in [-0.39, 0.29) is 0 Å². The summed E-state index contributed by atoms with van der Waals surface area (Å²) < 4.78 is 13.6. The van der Waals surface area contributed by atoms with E-state index < -0.39 is 24.2 Å². The number of rotatable bonds is 4. The van der Waals surface area contributed by atoms with Gasteiger partial charge in [-0.05, 0) is 18.6 Å². The zero-order valence-electron chi connectivity index (χ0n) is 9.80. The second-order valence-corrected chi connectivity index (χ2v) is 4.28. The molecule has 0 aliphatic carbocycles.